The Balaban J connectivity index is 0.000000288. The molecule has 0 aliphatic carbocycles. The van der Waals surface area contributed by atoms with Crippen LogP contribution in [-0.4, -0.2) is 167 Å². The van der Waals surface area contributed by atoms with E-state index in [9.17, 15) is 63.8 Å². The third kappa shape index (κ3) is 15.5. The first-order valence-corrected chi connectivity index (χ1v) is 28.3. The van der Waals surface area contributed by atoms with Crippen LogP contribution in [0, 0.1) is 10.8 Å². The molecule has 0 bridgehead atoms. The van der Waals surface area contributed by atoms with Crippen LogP contribution >= 0.6 is 39.1 Å². The van der Waals surface area contributed by atoms with E-state index in [0.29, 0.717) is 0 Å². The molecule has 30 nitrogen and oxygen atoms in total. The Kier molecular flexibility index (Phi) is 22.2. The molecule has 78 heavy (non-hydrogen) atoms. The number of aromatic nitrogens is 8. The number of phosphoric acid groups is 1. The number of aromatic amines is 2. The smallest absolute Gasteiger partial charge is 0.756 e. The number of nitrogens with one attached hydrogen (secondary N) is 3. The fraction of sp³-hybridized carbons (Fsp3) is 0.581. The van der Waals surface area contributed by atoms with Crippen molar-refractivity contribution >= 4 is 83.5 Å². The van der Waals surface area contributed by atoms with Crippen LogP contribution in [0.3, 0.4) is 0 Å². The van der Waals surface area contributed by atoms with Gasteiger partial charge in [0.05, 0.1) is 63.1 Å². The average Bonchev–Trinajstić information content (AvgIpc) is 4.11. The van der Waals surface area contributed by atoms with E-state index in [1.807, 2.05) is 30.3 Å². The number of aliphatic hydroxyl groups is 6. The normalized spacial score (nSPS) is 25.0. The number of carbonyl (C=O) groups is 2. The number of imidazole rings is 2. The molecule has 426 valence electrons. The second-order valence-corrected chi connectivity index (χ2v) is 24.7. The fourth-order valence-corrected chi connectivity index (χ4v) is 11.3. The number of fused-ring (bicyclic) bond motifs is 2. The monoisotopic (exact) mass is 1190 g/mol. The van der Waals surface area contributed by atoms with Crippen molar-refractivity contribution in [3.63, 3.8) is 0 Å². The second-order valence-electron chi connectivity index (χ2n) is 19.3. The number of ether oxygens (including phenoxy) is 2. The molecule has 2 aliphatic rings. The Hall–Kier alpha value is -3.54. The molecule has 2 saturated heterocycles. The van der Waals surface area contributed by atoms with Crippen LogP contribution in [0.4, 0.5) is 11.9 Å². The SMILES string of the molecule is CC(C)(CO)C(=O)SCCOP(=O)(NCc1ccccc1)OC[C@H]1O[C@@H](n2cnc3c(=O)[nH]c(N)nc32)C(C)(O)[C@H]1O.CC(C)(CO)C(=O)SCCOP(=O)([O-])OC[C@H]1O[C@@H](n2cnc3c(=O)[nH]c(N)nc32)C(C)(O)[C@H]1O.[Na+]. The summed E-state index contributed by atoms with van der Waals surface area (Å²) in [6.07, 6.45) is -5.77. The van der Waals surface area contributed by atoms with E-state index >= 15 is 0 Å². The molecule has 7 rings (SSSR count). The molecule has 6 heterocycles. The molecule has 2 fully saturated rings. The van der Waals surface area contributed by atoms with Crippen molar-refractivity contribution in [2.24, 2.45) is 10.8 Å². The van der Waals surface area contributed by atoms with Crippen molar-refractivity contribution in [2.75, 3.05) is 62.6 Å². The molecule has 0 saturated carbocycles. The van der Waals surface area contributed by atoms with Crippen LogP contribution < -0.4 is 62.1 Å². The maximum atomic E-state index is 13.7. The number of thioether (sulfide) groups is 2. The summed E-state index contributed by atoms with van der Waals surface area (Å²) in [4.78, 5) is 81.1. The molecule has 0 spiro atoms. The predicted molar refractivity (Wildman–Crippen MR) is 275 cm³/mol. The largest absolute Gasteiger partial charge is 1.00 e. The maximum Gasteiger partial charge on any atom is 1.00 e. The topological polar surface area (TPSA) is 459 Å². The number of carbonyl (C=O) groups excluding carboxylic acids is 2. The van der Waals surface area contributed by atoms with Gasteiger partial charge in [0.1, 0.15) is 35.6 Å². The zero-order valence-corrected chi connectivity index (χ0v) is 48.8. The van der Waals surface area contributed by atoms with Gasteiger partial charge in [0, 0.05) is 18.1 Å². The van der Waals surface area contributed by atoms with Crippen LogP contribution in [0.25, 0.3) is 22.3 Å². The van der Waals surface area contributed by atoms with Gasteiger partial charge in [0.15, 0.2) is 45.0 Å². The number of anilines is 2. The Labute approximate surface area is 475 Å². The van der Waals surface area contributed by atoms with Gasteiger partial charge < -0.3 is 65.5 Å². The van der Waals surface area contributed by atoms with Crippen molar-refractivity contribution in [1.29, 1.82) is 0 Å². The number of aliphatic hydroxyl groups excluding tert-OH is 4. The van der Waals surface area contributed by atoms with Crippen LogP contribution in [0.15, 0.2) is 52.6 Å². The van der Waals surface area contributed by atoms with Crippen molar-refractivity contribution in [1.82, 2.24) is 44.1 Å². The number of hydrogen-bond acceptors (Lipinski definition) is 27. The van der Waals surface area contributed by atoms with Gasteiger partial charge in [-0.3, -0.25) is 51.9 Å². The molecule has 4 aromatic heterocycles. The van der Waals surface area contributed by atoms with E-state index in [2.05, 4.69) is 35.0 Å². The predicted octanol–water partition coefficient (Wildman–Crippen LogP) is -3.58. The van der Waals surface area contributed by atoms with Gasteiger partial charge in [-0.25, -0.2) is 19.6 Å². The van der Waals surface area contributed by atoms with Gasteiger partial charge >= 0.3 is 37.3 Å². The van der Waals surface area contributed by atoms with Gasteiger partial charge in [-0.15, -0.1) is 0 Å². The number of benzene rings is 1. The summed E-state index contributed by atoms with van der Waals surface area (Å²) in [6, 6.07) is 9.10. The van der Waals surface area contributed by atoms with Gasteiger partial charge in [-0.1, -0.05) is 53.9 Å². The van der Waals surface area contributed by atoms with Crippen molar-refractivity contribution in [2.45, 2.75) is 96.2 Å². The molecule has 2 aliphatic heterocycles. The minimum atomic E-state index is -4.84. The van der Waals surface area contributed by atoms with E-state index in [-0.39, 0.29) is 118 Å². The van der Waals surface area contributed by atoms with E-state index < -0.39 is 98.8 Å². The number of H-pyrrole nitrogens is 2. The minimum Gasteiger partial charge on any atom is -0.756 e. The van der Waals surface area contributed by atoms with Crippen LogP contribution in [0.1, 0.15) is 59.6 Å². The third-order valence-electron chi connectivity index (χ3n) is 12.1. The van der Waals surface area contributed by atoms with Crippen molar-refractivity contribution in [3.8, 4) is 0 Å². The van der Waals surface area contributed by atoms with Gasteiger partial charge in [-0.05, 0) is 47.1 Å². The number of phosphoric ester groups is 1. The zero-order valence-electron chi connectivity index (χ0n) is 43.4. The summed E-state index contributed by atoms with van der Waals surface area (Å²) < 4.78 is 60.6. The van der Waals surface area contributed by atoms with Gasteiger partial charge in [0.2, 0.25) is 11.9 Å². The number of hydrogen-bond donors (Lipinski definition) is 11. The van der Waals surface area contributed by atoms with E-state index in [4.69, 9.17) is 39.0 Å². The summed E-state index contributed by atoms with van der Waals surface area (Å²) in [5, 5.41) is 64.3. The first kappa shape index (κ1) is 65.3. The summed E-state index contributed by atoms with van der Waals surface area (Å²) >= 11 is 1.74. The third-order valence-corrected chi connectivity index (χ3v) is 17.0. The quantitative estimate of drug-likeness (QED) is 0.0171. The van der Waals surface area contributed by atoms with E-state index in [1.165, 1.54) is 35.6 Å². The standard InChI is InChI=1S/C25H35N6O9PS.C18H28N5O10PS.Na/c1-24(2,13-32)22(35)42-10-9-38-41(37,28-11-15-7-5-4-6-8-15)39-12-16-18(33)25(3,36)21(40-16)31-14-27-17-19(31)29-23(26)30-20(17)34;1-17(2,7-24)15(27)35-5-4-31-34(29,30)32-6-9-11(25)18(3,28)14(33-9)23-8-20-10-12(23)21-16(19)22-13(10)26;/h4-8,14,16,18,21,32-33,36H,9-13H2,1-3H3,(H,28,37)(H3,26,29,30,34);8-9,11,14,24-25,28H,4-7H2,1-3H3,(H,29,30)(H3,19,21,22,26);/q;;+1/p-1/t16-,18+,21-,25?,41?;9-,11+,14-,18?;/m11./s1. The van der Waals surface area contributed by atoms with Crippen LogP contribution in [-0.2, 0) is 52.8 Å². The summed E-state index contributed by atoms with van der Waals surface area (Å²) in [6.45, 7) is 6.72. The van der Waals surface area contributed by atoms with Crippen LogP contribution in [0.2, 0.25) is 0 Å². The number of nitrogens with zero attached hydrogens (tertiary/aromatic N) is 6. The van der Waals surface area contributed by atoms with Crippen molar-refractivity contribution in [3.05, 3.63) is 69.3 Å². The number of rotatable bonds is 23. The van der Waals surface area contributed by atoms with Gasteiger partial charge in [0.25, 0.3) is 18.9 Å². The molecule has 1 aromatic carbocycles. The minimum absolute atomic E-state index is 0. The first-order chi connectivity index (χ1) is 36.0. The van der Waals surface area contributed by atoms with Crippen LogP contribution in [0.5, 0.6) is 0 Å². The Morgan fingerprint density at radius 3 is 1.63 bits per heavy atom. The fourth-order valence-electron chi connectivity index (χ4n) is 7.37. The molecule has 10 atom stereocenters. The summed E-state index contributed by atoms with van der Waals surface area (Å²) in [5.74, 6) is -0.230. The molecular formula is C43H62N11NaO19P2S2. The molecule has 13 N–H and O–H groups in total. The second kappa shape index (κ2) is 26.6. The molecule has 5 aromatic rings. The van der Waals surface area contributed by atoms with E-state index in [0.717, 1.165) is 29.1 Å². The molecule has 4 unspecified atom stereocenters. The first-order valence-electron chi connectivity index (χ1n) is 23.4. The molecule has 0 radical (unpaired) electrons. The summed E-state index contributed by atoms with van der Waals surface area (Å²) in [7, 11) is -8.88. The Bertz CT molecular complexity index is 3090. The maximum absolute atomic E-state index is 13.7. The number of nitrogen functional groups attached to an aromatic ring is 2. The molecule has 0 amide bonds. The Morgan fingerprint density at radius 1 is 0.769 bits per heavy atom. The molecular weight excluding hydrogens is 1120 g/mol. The molecule has 35 heteroatoms. The summed E-state index contributed by atoms with van der Waals surface area (Å²) in [5.41, 5.74) is 4.97. The average molecular weight is 1190 g/mol. The van der Waals surface area contributed by atoms with Crippen molar-refractivity contribution < 1.29 is 111 Å². The number of nitrogens with two attached hydrogens (primary N) is 2. The zero-order chi connectivity index (χ0) is 56.9. The van der Waals surface area contributed by atoms with E-state index in [1.54, 1.807) is 27.7 Å². The van der Waals surface area contributed by atoms with Gasteiger partial charge in [-0.2, -0.15) is 9.97 Å². The Morgan fingerprint density at radius 2 is 1.19 bits per heavy atom.